The van der Waals surface area contributed by atoms with Crippen molar-refractivity contribution in [2.45, 2.75) is 105 Å². The average molecular weight is 737 g/mol. The van der Waals surface area contributed by atoms with E-state index in [4.69, 9.17) is 14.2 Å². The van der Waals surface area contributed by atoms with Crippen molar-refractivity contribution < 1.29 is 54.4 Å². The standard InChI is InChI=1S/C40H52N2O11/c1-18-12-11-13-19(2)38(50)41-29-24-16-42(39(7,8)9)17-51-36(24)26-27(34(29)48)33(47)23(6)35-28(26)37(49)40(10,53-35)52-15-14-25(43)20(3)31(45)22(5)32(46)21(4)30(18)44/h11-16,18,20-22,25,30-32,43-48H,17H2,1-10H3/b12-11+,15-14+,19-13-,41-29?/t18-,20+,21+,22-,25-,30-,31+,32+,40-/m0/s1. The molecule has 4 aliphatic rings. The number of aliphatic hydroxyl groups excluding tert-OH is 4. The molecule has 6 N–H and O–H groups in total. The third kappa shape index (κ3) is 7.03. The van der Waals surface area contributed by atoms with Gasteiger partial charge in [0.15, 0.2) is 12.5 Å². The molecular weight excluding hydrogens is 684 g/mol. The second kappa shape index (κ2) is 14.4. The first kappa shape index (κ1) is 39.8. The van der Waals surface area contributed by atoms with Crippen LogP contribution in [0.25, 0.3) is 17.0 Å². The molecule has 0 saturated carbocycles. The summed E-state index contributed by atoms with van der Waals surface area (Å²) in [5, 5.41) is 67.7. The number of benzene rings is 2. The summed E-state index contributed by atoms with van der Waals surface area (Å²) in [6.45, 7) is 16.9. The van der Waals surface area contributed by atoms with E-state index in [1.807, 2.05) is 25.7 Å². The first-order valence-corrected chi connectivity index (χ1v) is 17.9. The fourth-order valence-corrected chi connectivity index (χ4v) is 6.99. The van der Waals surface area contributed by atoms with E-state index < -0.39 is 82.6 Å². The van der Waals surface area contributed by atoms with E-state index >= 15 is 0 Å². The number of rotatable bonds is 0. The number of hydrogen-bond acceptors (Lipinski definition) is 12. The molecule has 0 spiro atoms. The summed E-state index contributed by atoms with van der Waals surface area (Å²) in [4.78, 5) is 34.1. The number of amides is 1. The van der Waals surface area contributed by atoms with Gasteiger partial charge in [-0.2, -0.15) is 0 Å². The van der Waals surface area contributed by atoms with Crippen molar-refractivity contribution in [2.24, 2.45) is 28.7 Å². The zero-order valence-electron chi connectivity index (χ0n) is 31.9. The summed E-state index contributed by atoms with van der Waals surface area (Å²) >= 11 is 0. The first-order valence-electron chi connectivity index (χ1n) is 17.9. The molecule has 9 atom stereocenters. The second-order valence-electron chi connectivity index (χ2n) is 15.8. The summed E-state index contributed by atoms with van der Waals surface area (Å²) in [6, 6.07) is 0. The molecule has 6 rings (SSSR count). The van der Waals surface area contributed by atoms with E-state index in [0.717, 1.165) is 6.26 Å². The first-order chi connectivity index (χ1) is 24.6. The van der Waals surface area contributed by atoms with Crippen LogP contribution in [0.15, 0.2) is 41.1 Å². The smallest absolute Gasteiger partial charge is 0.312 e. The van der Waals surface area contributed by atoms with E-state index in [2.05, 4.69) is 4.99 Å². The monoisotopic (exact) mass is 736 g/mol. The Morgan fingerprint density at radius 1 is 0.868 bits per heavy atom. The SMILES string of the molecule is C/C1=C/C=C/[C@H](C)[C@H](O)[C@@H](C)[C@@H](O)[C@@H](C)[C@H](O)[C@H](C)[C@@H](O)/C=C/O[C@@]2(C)Oc3c(C)c(O)c4c(O)c(c5c(c4c3C2=O)OCN(C(C)(C)C)C=5)=NC1=O. The molecule has 5 bridgehead atoms. The van der Waals surface area contributed by atoms with Crippen molar-refractivity contribution >= 4 is 28.7 Å². The minimum absolute atomic E-state index is 0.00566. The number of nitrogens with zero attached hydrogens (tertiary/aromatic N) is 2. The molecule has 2 aromatic carbocycles. The molecule has 0 radical (unpaired) electrons. The van der Waals surface area contributed by atoms with Gasteiger partial charge in [-0.15, -0.1) is 0 Å². The number of carbonyl (C=O) groups is 2. The molecule has 13 nitrogen and oxygen atoms in total. The van der Waals surface area contributed by atoms with Crippen LogP contribution in [-0.4, -0.2) is 89.7 Å². The summed E-state index contributed by atoms with van der Waals surface area (Å²) in [7, 11) is 0. The van der Waals surface area contributed by atoms with E-state index in [9.17, 15) is 40.2 Å². The molecule has 4 heterocycles. The van der Waals surface area contributed by atoms with Gasteiger partial charge in [0.2, 0.25) is 0 Å². The van der Waals surface area contributed by atoms with Gasteiger partial charge < -0.3 is 49.7 Å². The number of ketones is 1. The lowest BCUT2D eigenvalue weighted by Crippen LogP contribution is -2.46. The summed E-state index contributed by atoms with van der Waals surface area (Å²) in [5.41, 5.74) is -0.194. The van der Waals surface area contributed by atoms with Gasteiger partial charge >= 0.3 is 5.79 Å². The molecule has 0 aliphatic carbocycles. The largest absolute Gasteiger partial charge is 0.507 e. The van der Waals surface area contributed by atoms with Gasteiger partial charge in [0.1, 0.15) is 22.6 Å². The van der Waals surface area contributed by atoms with E-state index in [1.165, 1.54) is 26.0 Å². The van der Waals surface area contributed by atoms with Crippen LogP contribution in [0.2, 0.25) is 0 Å². The molecule has 2 aromatic rings. The molecule has 0 unspecified atom stereocenters. The van der Waals surface area contributed by atoms with Crippen molar-refractivity contribution in [3.63, 3.8) is 0 Å². The van der Waals surface area contributed by atoms with Crippen LogP contribution >= 0.6 is 0 Å². The number of phenolic OH excluding ortho intramolecular Hbond substituents is 2. The van der Waals surface area contributed by atoms with E-state index in [0.29, 0.717) is 0 Å². The predicted molar refractivity (Wildman–Crippen MR) is 197 cm³/mol. The second-order valence-corrected chi connectivity index (χ2v) is 15.8. The van der Waals surface area contributed by atoms with Crippen LogP contribution in [0, 0.1) is 30.6 Å². The summed E-state index contributed by atoms with van der Waals surface area (Å²) in [5.74, 6) is -6.97. The van der Waals surface area contributed by atoms with Gasteiger partial charge in [0.05, 0.1) is 46.8 Å². The molecular formula is C40H52N2O11. The van der Waals surface area contributed by atoms with E-state index in [-0.39, 0.29) is 56.3 Å². The lowest BCUT2D eigenvalue weighted by atomic mass is 9.78. The number of aromatic hydroxyl groups is 2. The highest BCUT2D eigenvalue weighted by Gasteiger charge is 2.50. The van der Waals surface area contributed by atoms with Crippen LogP contribution in [0.4, 0.5) is 0 Å². The minimum atomic E-state index is -1.99. The van der Waals surface area contributed by atoms with Gasteiger partial charge in [-0.25, -0.2) is 4.99 Å². The number of carbonyl (C=O) groups excluding carboxylic acids is 2. The molecule has 0 fully saturated rings. The molecule has 0 saturated heterocycles. The van der Waals surface area contributed by atoms with Crippen LogP contribution in [0.3, 0.4) is 0 Å². The molecule has 13 heteroatoms. The number of fused-ring (bicyclic) bond motifs is 13. The third-order valence-electron chi connectivity index (χ3n) is 10.9. The predicted octanol–water partition coefficient (Wildman–Crippen LogP) is 3.22. The number of phenols is 2. The van der Waals surface area contributed by atoms with Gasteiger partial charge in [-0.05, 0) is 40.7 Å². The van der Waals surface area contributed by atoms with Crippen LogP contribution < -0.4 is 20.0 Å². The Kier molecular flexibility index (Phi) is 10.8. The minimum Gasteiger partial charge on any atom is -0.507 e. The number of Topliss-reactive ketones (excluding diaryl/α,β-unsaturated/α-hetero) is 1. The highest BCUT2D eigenvalue weighted by Crippen LogP contribution is 2.51. The van der Waals surface area contributed by atoms with Crippen molar-refractivity contribution in [3.8, 4) is 23.0 Å². The topological polar surface area (TPSA) is 199 Å². The number of hydrogen-bond donors (Lipinski definition) is 6. The highest BCUT2D eigenvalue weighted by molar-refractivity contribution is 6.20. The maximum absolute atomic E-state index is 14.3. The zero-order valence-corrected chi connectivity index (χ0v) is 31.9. The molecule has 0 aromatic heterocycles. The Hall–Kier alpha value is -4.43. The van der Waals surface area contributed by atoms with E-state index in [1.54, 1.807) is 53.0 Å². The number of ether oxygens (including phenoxy) is 3. The van der Waals surface area contributed by atoms with Crippen LogP contribution in [0.5, 0.6) is 23.0 Å². The maximum atomic E-state index is 14.3. The fraction of sp³-hybridized carbons (Fsp3) is 0.525. The molecule has 288 valence electrons. The van der Waals surface area contributed by atoms with Crippen LogP contribution in [0.1, 0.15) is 78.2 Å². The lowest BCUT2D eigenvalue weighted by Gasteiger charge is -2.37. The Balaban J connectivity index is 1.78. The Morgan fingerprint density at radius 3 is 2.13 bits per heavy atom. The average Bonchev–Trinajstić information content (AvgIpc) is 3.37. The number of allylic oxidation sites excluding steroid dienone is 2. The Morgan fingerprint density at radius 2 is 1.49 bits per heavy atom. The molecule has 1 amide bonds. The maximum Gasteiger partial charge on any atom is 0.312 e. The van der Waals surface area contributed by atoms with Crippen molar-refractivity contribution in [1.82, 2.24) is 4.90 Å². The Bertz CT molecular complexity index is 2030. The van der Waals surface area contributed by atoms with Crippen molar-refractivity contribution in [1.29, 1.82) is 0 Å². The Labute approximate surface area is 308 Å². The van der Waals surface area contributed by atoms with Gasteiger partial charge in [0, 0.05) is 58.9 Å². The zero-order chi connectivity index (χ0) is 39.5. The third-order valence-corrected chi connectivity index (χ3v) is 10.9. The van der Waals surface area contributed by atoms with Crippen molar-refractivity contribution in [3.05, 3.63) is 57.8 Å². The fourth-order valence-electron chi connectivity index (χ4n) is 6.99. The molecule has 4 aliphatic heterocycles. The van der Waals surface area contributed by atoms with Crippen LogP contribution in [-0.2, 0) is 9.53 Å². The quantitative estimate of drug-likeness (QED) is 0.231. The van der Waals surface area contributed by atoms with Gasteiger partial charge in [-0.1, -0.05) is 45.9 Å². The lowest BCUT2D eigenvalue weighted by molar-refractivity contribution is -0.114. The van der Waals surface area contributed by atoms with Gasteiger partial charge in [-0.3, -0.25) is 9.59 Å². The normalized spacial score (nSPS) is 33.5. The number of aliphatic hydroxyl groups is 4. The molecule has 53 heavy (non-hydrogen) atoms. The van der Waals surface area contributed by atoms with Gasteiger partial charge in [0.25, 0.3) is 11.7 Å². The van der Waals surface area contributed by atoms with Crippen molar-refractivity contribution in [2.75, 3.05) is 6.73 Å². The summed E-state index contributed by atoms with van der Waals surface area (Å²) < 4.78 is 18.2. The highest BCUT2D eigenvalue weighted by atomic mass is 16.7. The summed E-state index contributed by atoms with van der Waals surface area (Å²) in [6.07, 6.45) is 4.14.